The van der Waals surface area contributed by atoms with Crippen molar-refractivity contribution in [2.75, 3.05) is 11.9 Å². The molecule has 2 aromatic heterocycles. The summed E-state index contributed by atoms with van der Waals surface area (Å²) in [6.45, 7) is 5.00. The summed E-state index contributed by atoms with van der Waals surface area (Å²) in [7, 11) is 0. The van der Waals surface area contributed by atoms with E-state index in [-0.39, 0.29) is 0 Å². The SMILES string of the molecule is CCCNc1ncc(C)c(Sc2ccc(Br)cn2)n1. The summed E-state index contributed by atoms with van der Waals surface area (Å²) in [5.41, 5.74) is 1.05. The molecule has 0 aliphatic rings. The van der Waals surface area contributed by atoms with Gasteiger partial charge < -0.3 is 5.32 Å². The highest BCUT2D eigenvalue weighted by Crippen LogP contribution is 2.27. The van der Waals surface area contributed by atoms with Gasteiger partial charge in [0.1, 0.15) is 10.1 Å². The van der Waals surface area contributed by atoms with Gasteiger partial charge in [-0.15, -0.1) is 0 Å². The molecule has 0 radical (unpaired) electrons. The molecule has 0 saturated heterocycles. The summed E-state index contributed by atoms with van der Waals surface area (Å²) < 4.78 is 0.974. The van der Waals surface area contributed by atoms with Gasteiger partial charge in [-0.3, -0.25) is 0 Å². The van der Waals surface area contributed by atoms with Crippen LogP contribution in [-0.2, 0) is 0 Å². The highest BCUT2D eigenvalue weighted by molar-refractivity contribution is 9.10. The highest BCUT2D eigenvalue weighted by Gasteiger charge is 2.06. The molecule has 2 rings (SSSR count). The minimum atomic E-state index is 0.673. The molecule has 19 heavy (non-hydrogen) atoms. The van der Waals surface area contributed by atoms with Gasteiger partial charge >= 0.3 is 0 Å². The zero-order chi connectivity index (χ0) is 13.7. The van der Waals surface area contributed by atoms with Gasteiger partial charge in [-0.25, -0.2) is 15.0 Å². The summed E-state index contributed by atoms with van der Waals surface area (Å²) in [6, 6.07) is 3.94. The number of nitrogens with one attached hydrogen (secondary N) is 1. The Morgan fingerprint density at radius 1 is 1.26 bits per heavy atom. The molecule has 100 valence electrons. The number of nitrogens with zero attached hydrogens (tertiary/aromatic N) is 3. The summed E-state index contributed by atoms with van der Waals surface area (Å²) in [6.07, 6.45) is 4.68. The smallest absolute Gasteiger partial charge is 0.223 e. The number of aryl methyl sites for hydroxylation is 1. The molecule has 1 N–H and O–H groups in total. The van der Waals surface area contributed by atoms with Crippen LogP contribution in [0.15, 0.2) is 39.1 Å². The van der Waals surface area contributed by atoms with Crippen LogP contribution < -0.4 is 5.32 Å². The van der Waals surface area contributed by atoms with E-state index >= 15 is 0 Å². The Bertz CT molecular complexity index is 545. The van der Waals surface area contributed by atoms with Crippen molar-refractivity contribution in [3.8, 4) is 0 Å². The summed E-state index contributed by atoms with van der Waals surface area (Å²) >= 11 is 4.93. The predicted molar refractivity (Wildman–Crippen MR) is 81.6 cm³/mol. The number of hydrogen-bond donors (Lipinski definition) is 1. The molecule has 0 spiro atoms. The molecule has 4 nitrogen and oxygen atoms in total. The van der Waals surface area contributed by atoms with Gasteiger partial charge in [-0.05, 0) is 53.2 Å². The minimum absolute atomic E-state index is 0.673. The van der Waals surface area contributed by atoms with Crippen LogP contribution in [0.1, 0.15) is 18.9 Å². The second-order valence-corrected chi connectivity index (χ2v) is 5.95. The van der Waals surface area contributed by atoms with E-state index in [1.165, 1.54) is 0 Å². The number of pyridine rings is 1. The second kappa shape index (κ2) is 6.86. The summed E-state index contributed by atoms with van der Waals surface area (Å²) in [5, 5.41) is 5.05. The zero-order valence-corrected chi connectivity index (χ0v) is 13.3. The standard InChI is InChI=1S/C13H15BrN4S/c1-3-6-15-13-17-7-9(2)12(18-13)19-11-5-4-10(14)8-16-11/h4-5,7-8H,3,6H2,1-2H3,(H,15,17,18). The normalized spacial score (nSPS) is 10.5. The van der Waals surface area contributed by atoms with E-state index in [1.807, 2.05) is 25.3 Å². The van der Waals surface area contributed by atoms with Crippen LogP contribution >= 0.6 is 27.7 Å². The van der Waals surface area contributed by atoms with E-state index in [2.05, 4.69) is 43.1 Å². The maximum absolute atomic E-state index is 4.52. The van der Waals surface area contributed by atoms with Gasteiger partial charge in [0, 0.05) is 29.0 Å². The number of hydrogen-bond acceptors (Lipinski definition) is 5. The van der Waals surface area contributed by atoms with Crippen molar-refractivity contribution >= 4 is 33.6 Å². The lowest BCUT2D eigenvalue weighted by Crippen LogP contribution is -2.05. The van der Waals surface area contributed by atoms with Crippen molar-refractivity contribution in [3.05, 3.63) is 34.6 Å². The molecule has 0 unspecified atom stereocenters. The Balaban J connectivity index is 2.16. The Hall–Kier alpha value is -1.14. The molecular formula is C13H15BrN4S. The van der Waals surface area contributed by atoms with Crippen LogP contribution in [0.3, 0.4) is 0 Å². The van der Waals surface area contributed by atoms with E-state index in [0.717, 1.165) is 33.1 Å². The molecule has 0 saturated carbocycles. The van der Waals surface area contributed by atoms with Gasteiger partial charge in [0.15, 0.2) is 0 Å². The molecule has 0 bridgehead atoms. The fourth-order valence-electron chi connectivity index (χ4n) is 1.37. The van der Waals surface area contributed by atoms with Crippen molar-refractivity contribution in [2.45, 2.75) is 30.3 Å². The quantitative estimate of drug-likeness (QED) is 0.837. The van der Waals surface area contributed by atoms with Crippen molar-refractivity contribution in [3.63, 3.8) is 0 Å². The van der Waals surface area contributed by atoms with Crippen molar-refractivity contribution in [1.82, 2.24) is 15.0 Å². The van der Waals surface area contributed by atoms with E-state index in [9.17, 15) is 0 Å². The largest absolute Gasteiger partial charge is 0.354 e. The fraction of sp³-hybridized carbons (Fsp3) is 0.308. The van der Waals surface area contributed by atoms with Crippen LogP contribution in [0, 0.1) is 6.92 Å². The van der Waals surface area contributed by atoms with Crippen LogP contribution in [0.4, 0.5) is 5.95 Å². The van der Waals surface area contributed by atoms with Crippen molar-refractivity contribution in [1.29, 1.82) is 0 Å². The fourth-order valence-corrected chi connectivity index (χ4v) is 2.39. The molecule has 6 heteroatoms. The van der Waals surface area contributed by atoms with E-state index < -0.39 is 0 Å². The first-order valence-electron chi connectivity index (χ1n) is 6.06. The third-order valence-electron chi connectivity index (χ3n) is 2.36. The van der Waals surface area contributed by atoms with Crippen LogP contribution in [0.25, 0.3) is 0 Å². The Labute approximate surface area is 125 Å². The minimum Gasteiger partial charge on any atom is -0.354 e. The third-order valence-corrected chi connectivity index (χ3v) is 3.89. The maximum atomic E-state index is 4.52. The first kappa shape index (κ1) is 14.3. The van der Waals surface area contributed by atoms with Gasteiger partial charge in [-0.1, -0.05) is 6.92 Å². The first-order valence-corrected chi connectivity index (χ1v) is 7.67. The molecule has 0 aliphatic heterocycles. The second-order valence-electron chi connectivity index (χ2n) is 4.03. The molecule has 2 aromatic rings. The molecule has 0 atom stereocenters. The molecule has 2 heterocycles. The highest BCUT2D eigenvalue weighted by atomic mass is 79.9. The van der Waals surface area contributed by atoms with Gasteiger partial charge in [-0.2, -0.15) is 0 Å². The zero-order valence-electron chi connectivity index (χ0n) is 10.9. The average Bonchev–Trinajstić information content (AvgIpc) is 2.42. The summed E-state index contributed by atoms with van der Waals surface area (Å²) in [5.74, 6) is 0.673. The topological polar surface area (TPSA) is 50.7 Å². The van der Waals surface area contributed by atoms with E-state index in [0.29, 0.717) is 5.95 Å². The van der Waals surface area contributed by atoms with Gasteiger partial charge in [0.05, 0.1) is 0 Å². The molecule has 0 fully saturated rings. The van der Waals surface area contributed by atoms with Gasteiger partial charge in [0.25, 0.3) is 0 Å². The number of rotatable bonds is 5. The lowest BCUT2D eigenvalue weighted by molar-refractivity contribution is 0.924. The number of anilines is 1. The average molecular weight is 339 g/mol. The van der Waals surface area contributed by atoms with Crippen LogP contribution in [0.5, 0.6) is 0 Å². The van der Waals surface area contributed by atoms with Gasteiger partial charge in [0.2, 0.25) is 5.95 Å². The monoisotopic (exact) mass is 338 g/mol. The Morgan fingerprint density at radius 3 is 2.79 bits per heavy atom. The Morgan fingerprint density at radius 2 is 2.11 bits per heavy atom. The molecule has 0 amide bonds. The molecule has 0 aliphatic carbocycles. The third kappa shape index (κ3) is 4.18. The van der Waals surface area contributed by atoms with Crippen LogP contribution in [-0.4, -0.2) is 21.5 Å². The molecule has 0 aromatic carbocycles. The number of halogens is 1. The maximum Gasteiger partial charge on any atom is 0.223 e. The summed E-state index contributed by atoms with van der Waals surface area (Å²) in [4.78, 5) is 13.1. The number of aromatic nitrogens is 3. The lowest BCUT2D eigenvalue weighted by Gasteiger charge is -2.07. The van der Waals surface area contributed by atoms with Crippen molar-refractivity contribution < 1.29 is 0 Å². The van der Waals surface area contributed by atoms with E-state index in [4.69, 9.17) is 0 Å². The lowest BCUT2D eigenvalue weighted by atomic mass is 10.4. The molecular weight excluding hydrogens is 324 g/mol. The van der Waals surface area contributed by atoms with E-state index in [1.54, 1.807) is 18.0 Å². The predicted octanol–water partition coefficient (Wildman–Crippen LogP) is 3.92. The van der Waals surface area contributed by atoms with Crippen LogP contribution in [0.2, 0.25) is 0 Å². The Kier molecular flexibility index (Phi) is 5.15. The van der Waals surface area contributed by atoms with Crippen molar-refractivity contribution in [2.24, 2.45) is 0 Å². The first-order chi connectivity index (χ1) is 9.19.